The predicted octanol–water partition coefficient (Wildman–Crippen LogP) is 1.91. The Morgan fingerprint density at radius 2 is 2.24 bits per heavy atom. The molecule has 0 unspecified atom stereocenters. The first kappa shape index (κ1) is 15.2. The highest BCUT2D eigenvalue weighted by atomic mass is 35.5. The normalized spacial score (nSPS) is 10.2. The van der Waals surface area contributed by atoms with Crippen LogP contribution < -0.4 is 16.6 Å². The number of nitrogens with zero attached hydrogens (tertiary/aromatic N) is 2. The number of amides is 1. The topological polar surface area (TPSA) is 92.9 Å². The molecule has 0 fully saturated rings. The third-order valence-electron chi connectivity index (χ3n) is 3.02. The molecule has 0 bridgehead atoms. The second kappa shape index (κ2) is 7.01. The van der Waals surface area contributed by atoms with Crippen LogP contribution in [0.25, 0.3) is 0 Å². The molecule has 6 nitrogen and oxygen atoms in total. The number of hydrogen-bond acceptors (Lipinski definition) is 5. The monoisotopic (exact) mass is 305 g/mol. The first-order valence-electron chi connectivity index (χ1n) is 6.48. The SMILES string of the molecule is CCc1cccnc1CNC(=O)c1cnc(NN)c(Cl)c1. The zero-order valence-corrected chi connectivity index (χ0v) is 12.3. The molecule has 0 spiro atoms. The van der Waals surface area contributed by atoms with Gasteiger partial charge in [0.2, 0.25) is 0 Å². The molecule has 110 valence electrons. The molecule has 0 aliphatic carbocycles. The number of hydrazine groups is 1. The largest absolute Gasteiger partial charge is 0.346 e. The van der Waals surface area contributed by atoms with Crippen molar-refractivity contribution in [2.24, 2.45) is 5.84 Å². The summed E-state index contributed by atoms with van der Waals surface area (Å²) < 4.78 is 0. The van der Waals surface area contributed by atoms with Crippen LogP contribution in [0.2, 0.25) is 5.02 Å². The molecular weight excluding hydrogens is 290 g/mol. The molecule has 2 aromatic heterocycles. The van der Waals surface area contributed by atoms with Crippen molar-refractivity contribution in [2.75, 3.05) is 5.43 Å². The fourth-order valence-corrected chi connectivity index (χ4v) is 2.11. The second-order valence-corrected chi connectivity index (χ2v) is 4.75. The van der Waals surface area contributed by atoms with Gasteiger partial charge in [0.15, 0.2) is 5.82 Å². The van der Waals surface area contributed by atoms with Gasteiger partial charge < -0.3 is 10.7 Å². The average Bonchev–Trinajstić information content (AvgIpc) is 2.52. The Hall–Kier alpha value is -2.18. The standard InChI is InChI=1S/C14H16ClN5O/c1-2-9-4-3-5-17-12(9)8-19-14(21)10-6-11(15)13(20-16)18-7-10/h3-7H,2,8,16H2,1H3,(H,18,20)(H,19,21). The van der Waals surface area contributed by atoms with E-state index in [1.165, 1.54) is 12.3 Å². The van der Waals surface area contributed by atoms with Crippen LogP contribution in [-0.2, 0) is 13.0 Å². The van der Waals surface area contributed by atoms with E-state index in [4.69, 9.17) is 17.4 Å². The van der Waals surface area contributed by atoms with E-state index >= 15 is 0 Å². The Morgan fingerprint density at radius 1 is 1.43 bits per heavy atom. The summed E-state index contributed by atoms with van der Waals surface area (Å²) in [5, 5.41) is 3.09. The highest BCUT2D eigenvalue weighted by Crippen LogP contribution is 2.18. The van der Waals surface area contributed by atoms with Gasteiger partial charge in [-0.3, -0.25) is 9.78 Å². The number of pyridine rings is 2. The van der Waals surface area contributed by atoms with Gasteiger partial charge in [0, 0.05) is 12.4 Å². The van der Waals surface area contributed by atoms with E-state index in [1.54, 1.807) is 6.20 Å². The minimum absolute atomic E-state index is 0.263. The lowest BCUT2D eigenvalue weighted by Gasteiger charge is -2.09. The quantitative estimate of drug-likeness (QED) is 0.579. The van der Waals surface area contributed by atoms with Crippen molar-refractivity contribution in [3.63, 3.8) is 0 Å². The van der Waals surface area contributed by atoms with Crippen LogP contribution in [-0.4, -0.2) is 15.9 Å². The van der Waals surface area contributed by atoms with Crippen molar-refractivity contribution in [3.8, 4) is 0 Å². The van der Waals surface area contributed by atoms with Crippen LogP contribution in [0.3, 0.4) is 0 Å². The maximum atomic E-state index is 12.1. The number of aryl methyl sites for hydroxylation is 1. The lowest BCUT2D eigenvalue weighted by atomic mass is 10.1. The predicted molar refractivity (Wildman–Crippen MR) is 81.8 cm³/mol. The van der Waals surface area contributed by atoms with Crippen LogP contribution in [0.5, 0.6) is 0 Å². The van der Waals surface area contributed by atoms with Crippen LogP contribution in [0.15, 0.2) is 30.6 Å². The van der Waals surface area contributed by atoms with Crippen LogP contribution in [0.4, 0.5) is 5.82 Å². The smallest absolute Gasteiger partial charge is 0.253 e. The molecule has 1 amide bonds. The number of hydrogen-bond donors (Lipinski definition) is 3. The number of nitrogen functional groups attached to an aromatic ring is 1. The summed E-state index contributed by atoms with van der Waals surface area (Å²) >= 11 is 5.94. The number of nitrogens with two attached hydrogens (primary N) is 1. The lowest BCUT2D eigenvalue weighted by Crippen LogP contribution is -2.24. The molecular formula is C14H16ClN5O. The van der Waals surface area contributed by atoms with Gasteiger partial charge in [0.25, 0.3) is 5.91 Å². The molecule has 0 atom stereocenters. The van der Waals surface area contributed by atoms with Gasteiger partial charge in [-0.2, -0.15) is 0 Å². The van der Waals surface area contributed by atoms with Gasteiger partial charge in [-0.15, -0.1) is 0 Å². The van der Waals surface area contributed by atoms with E-state index in [2.05, 4.69) is 20.7 Å². The Bertz CT molecular complexity index is 647. The Kier molecular flexibility index (Phi) is 5.08. The molecule has 7 heteroatoms. The first-order valence-corrected chi connectivity index (χ1v) is 6.86. The number of anilines is 1. The number of rotatable bonds is 5. The molecule has 0 aromatic carbocycles. The molecule has 0 saturated carbocycles. The number of halogens is 1. The maximum Gasteiger partial charge on any atom is 0.253 e. The average molecular weight is 306 g/mol. The van der Waals surface area contributed by atoms with Crippen molar-refractivity contribution in [3.05, 3.63) is 52.4 Å². The van der Waals surface area contributed by atoms with Crippen LogP contribution >= 0.6 is 11.6 Å². The molecule has 0 aliphatic rings. The highest BCUT2D eigenvalue weighted by Gasteiger charge is 2.10. The van der Waals surface area contributed by atoms with Crippen molar-refractivity contribution >= 4 is 23.3 Å². The Labute approximate surface area is 127 Å². The highest BCUT2D eigenvalue weighted by molar-refractivity contribution is 6.33. The van der Waals surface area contributed by atoms with Crippen LogP contribution in [0, 0.1) is 0 Å². The van der Waals surface area contributed by atoms with Gasteiger partial charge in [0.05, 0.1) is 22.8 Å². The maximum absolute atomic E-state index is 12.1. The molecule has 4 N–H and O–H groups in total. The number of carbonyl (C=O) groups is 1. The fourth-order valence-electron chi connectivity index (χ4n) is 1.89. The summed E-state index contributed by atoms with van der Waals surface area (Å²) in [6.07, 6.45) is 3.99. The van der Waals surface area contributed by atoms with E-state index in [1.807, 2.05) is 19.1 Å². The molecule has 0 aliphatic heterocycles. The summed E-state index contributed by atoms with van der Waals surface area (Å²) in [6.45, 7) is 2.40. The van der Waals surface area contributed by atoms with Crippen molar-refractivity contribution in [1.29, 1.82) is 0 Å². The van der Waals surface area contributed by atoms with Crippen molar-refractivity contribution in [1.82, 2.24) is 15.3 Å². The van der Waals surface area contributed by atoms with E-state index < -0.39 is 0 Å². The number of nitrogens with one attached hydrogen (secondary N) is 2. The van der Waals surface area contributed by atoms with Gasteiger partial charge in [-0.05, 0) is 24.1 Å². The van der Waals surface area contributed by atoms with E-state index in [9.17, 15) is 4.79 Å². The molecule has 0 radical (unpaired) electrons. The zero-order valence-electron chi connectivity index (χ0n) is 11.6. The number of aromatic nitrogens is 2. The molecule has 2 heterocycles. The van der Waals surface area contributed by atoms with E-state index in [-0.39, 0.29) is 10.9 Å². The first-order chi connectivity index (χ1) is 10.2. The second-order valence-electron chi connectivity index (χ2n) is 4.34. The summed E-state index contributed by atoms with van der Waals surface area (Å²) in [7, 11) is 0. The molecule has 21 heavy (non-hydrogen) atoms. The number of carbonyl (C=O) groups excluding carboxylic acids is 1. The van der Waals surface area contributed by atoms with Gasteiger partial charge in [-0.1, -0.05) is 24.6 Å². The zero-order chi connectivity index (χ0) is 15.2. The summed E-state index contributed by atoms with van der Waals surface area (Å²) in [5.41, 5.74) is 4.68. The summed E-state index contributed by atoms with van der Waals surface area (Å²) in [4.78, 5) is 20.3. The van der Waals surface area contributed by atoms with E-state index in [0.717, 1.165) is 17.7 Å². The summed E-state index contributed by atoms with van der Waals surface area (Å²) in [5.74, 6) is 5.30. The fraction of sp³-hybridized carbons (Fsp3) is 0.214. The Balaban J connectivity index is 2.06. The lowest BCUT2D eigenvalue weighted by molar-refractivity contribution is 0.0950. The van der Waals surface area contributed by atoms with Crippen LogP contribution in [0.1, 0.15) is 28.5 Å². The van der Waals surface area contributed by atoms with Gasteiger partial charge >= 0.3 is 0 Å². The van der Waals surface area contributed by atoms with Gasteiger partial charge in [0.1, 0.15) is 0 Å². The van der Waals surface area contributed by atoms with Crippen molar-refractivity contribution < 1.29 is 4.79 Å². The third kappa shape index (κ3) is 3.68. The molecule has 0 saturated heterocycles. The summed E-state index contributed by atoms with van der Waals surface area (Å²) in [6, 6.07) is 5.39. The Morgan fingerprint density at radius 3 is 2.90 bits per heavy atom. The molecule has 2 aromatic rings. The minimum atomic E-state index is -0.263. The van der Waals surface area contributed by atoms with Crippen molar-refractivity contribution in [2.45, 2.75) is 19.9 Å². The van der Waals surface area contributed by atoms with Gasteiger partial charge in [-0.25, -0.2) is 10.8 Å². The molecule has 2 rings (SSSR count). The minimum Gasteiger partial charge on any atom is -0.346 e. The third-order valence-corrected chi connectivity index (χ3v) is 3.31. The van der Waals surface area contributed by atoms with E-state index in [0.29, 0.717) is 17.9 Å².